The third-order valence-electron chi connectivity index (χ3n) is 3.33. The number of allylic oxidation sites excluding steroid dienone is 1. The molecule has 0 saturated heterocycles. The van der Waals surface area contributed by atoms with E-state index in [1.807, 2.05) is 0 Å². The summed E-state index contributed by atoms with van der Waals surface area (Å²) in [4.78, 5) is 8.35. The predicted octanol–water partition coefficient (Wildman–Crippen LogP) is 4.21. The summed E-state index contributed by atoms with van der Waals surface area (Å²) >= 11 is 5.86. The Morgan fingerprint density at radius 1 is 1.17 bits per heavy atom. The number of hydrogen-bond donors (Lipinski definition) is 2. The van der Waals surface area contributed by atoms with Crippen LogP contribution in [-0.2, 0) is 0 Å². The van der Waals surface area contributed by atoms with E-state index in [2.05, 4.69) is 16.5 Å². The van der Waals surface area contributed by atoms with Gasteiger partial charge in [0.2, 0.25) is 0 Å². The molecule has 3 aromatic rings. The molecule has 0 saturated carbocycles. The van der Waals surface area contributed by atoms with E-state index < -0.39 is 5.82 Å². The molecule has 0 bridgehead atoms. The number of fused-ring (bicyclic) bond motifs is 1. The molecule has 6 heteroatoms. The van der Waals surface area contributed by atoms with Crippen LogP contribution in [0.2, 0.25) is 5.02 Å². The summed E-state index contributed by atoms with van der Waals surface area (Å²) in [7, 11) is 0. The summed E-state index contributed by atoms with van der Waals surface area (Å²) in [6.07, 6.45) is 1.32. The summed E-state index contributed by atoms with van der Waals surface area (Å²) in [6.45, 7) is 3.82. The number of aromatic hydroxyl groups is 1. The number of hydrogen-bond acceptors (Lipinski definition) is 4. The molecule has 0 aliphatic rings. The van der Waals surface area contributed by atoms with Crippen LogP contribution in [0.3, 0.4) is 0 Å². The molecule has 0 fully saturated rings. The van der Waals surface area contributed by atoms with E-state index in [1.165, 1.54) is 30.5 Å². The number of pyridine rings is 2. The van der Waals surface area contributed by atoms with E-state index >= 15 is 0 Å². The van der Waals surface area contributed by atoms with Gasteiger partial charge in [-0.25, -0.2) is 9.37 Å². The van der Waals surface area contributed by atoms with Gasteiger partial charge in [0.25, 0.3) is 0 Å². The summed E-state index contributed by atoms with van der Waals surface area (Å²) in [5, 5.41) is 18.0. The average Bonchev–Trinajstić information content (AvgIpc) is 2.55. The van der Waals surface area contributed by atoms with E-state index in [1.54, 1.807) is 12.1 Å². The van der Waals surface area contributed by atoms with Crippen LogP contribution in [-0.4, -0.2) is 20.8 Å². The monoisotopic (exact) mass is 327 g/mol. The van der Waals surface area contributed by atoms with Crippen molar-refractivity contribution >= 4 is 33.9 Å². The van der Waals surface area contributed by atoms with Crippen LogP contribution >= 0.6 is 11.6 Å². The highest BCUT2D eigenvalue weighted by Gasteiger charge is 2.15. The summed E-state index contributed by atoms with van der Waals surface area (Å²) in [5.74, 6) is -0.565. The van der Waals surface area contributed by atoms with Crippen LogP contribution < -0.4 is 0 Å². The van der Waals surface area contributed by atoms with Crippen molar-refractivity contribution < 1.29 is 9.50 Å². The van der Waals surface area contributed by atoms with Gasteiger partial charge in [0, 0.05) is 22.2 Å². The molecule has 2 heterocycles. The first-order chi connectivity index (χ1) is 11.0. The highest BCUT2D eigenvalue weighted by atomic mass is 35.5. The normalized spacial score (nSPS) is 10.7. The van der Waals surface area contributed by atoms with Crippen molar-refractivity contribution in [2.45, 2.75) is 0 Å². The molecule has 2 aromatic heterocycles. The summed E-state index contributed by atoms with van der Waals surface area (Å²) in [6, 6.07) is 8.80. The van der Waals surface area contributed by atoms with E-state index in [9.17, 15) is 9.50 Å². The Balaban J connectivity index is 2.02. The van der Waals surface area contributed by atoms with Gasteiger partial charge in [-0.15, -0.1) is 0 Å². The Morgan fingerprint density at radius 2 is 1.96 bits per heavy atom. The van der Waals surface area contributed by atoms with Crippen LogP contribution in [0.4, 0.5) is 4.39 Å². The number of nitrogens with one attached hydrogen (secondary N) is 1. The maximum Gasteiger partial charge on any atom is 0.136 e. The second kappa shape index (κ2) is 5.78. The molecule has 0 atom stereocenters. The molecular formula is C17H11ClFN3O. The maximum atomic E-state index is 13.9. The van der Waals surface area contributed by atoms with Crippen LogP contribution in [0, 0.1) is 11.2 Å². The lowest BCUT2D eigenvalue weighted by Gasteiger charge is -2.10. The highest BCUT2D eigenvalue weighted by Crippen LogP contribution is 2.23. The maximum absolute atomic E-state index is 13.9. The second-order valence-electron chi connectivity index (χ2n) is 4.91. The summed E-state index contributed by atoms with van der Waals surface area (Å²) in [5.41, 5.74) is 1.65. The quantitative estimate of drug-likeness (QED) is 0.708. The number of halogens is 2. The zero-order valence-electron chi connectivity index (χ0n) is 11.8. The molecule has 0 spiro atoms. The van der Waals surface area contributed by atoms with E-state index in [4.69, 9.17) is 17.0 Å². The zero-order valence-corrected chi connectivity index (χ0v) is 12.6. The lowest BCUT2D eigenvalue weighted by molar-refractivity contribution is 0.473. The van der Waals surface area contributed by atoms with E-state index in [0.29, 0.717) is 21.7 Å². The first kappa shape index (κ1) is 15.1. The van der Waals surface area contributed by atoms with Crippen LogP contribution in [0.1, 0.15) is 11.3 Å². The van der Waals surface area contributed by atoms with Gasteiger partial charge >= 0.3 is 0 Å². The number of rotatable bonds is 3. The SMILES string of the molecule is C=C(C(=N)c1cc(Cl)ccc1F)c1ccc2ncc(O)cc2n1. The van der Waals surface area contributed by atoms with Gasteiger partial charge in [-0.2, -0.15) is 0 Å². The van der Waals surface area contributed by atoms with Crippen LogP contribution in [0.15, 0.2) is 49.2 Å². The van der Waals surface area contributed by atoms with Crippen molar-refractivity contribution in [3.63, 3.8) is 0 Å². The standard InChI is InChI=1S/C17H11ClFN3O/c1-9(17(20)12-6-10(18)2-3-13(12)19)14-4-5-15-16(22-14)7-11(23)8-21-15/h2-8,20,23H,1H2. The van der Waals surface area contributed by atoms with Crippen LogP contribution in [0.5, 0.6) is 5.75 Å². The molecule has 3 rings (SSSR count). The van der Waals surface area contributed by atoms with Gasteiger partial charge in [-0.05, 0) is 30.3 Å². The molecule has 0 radical (unpaired) electrons. The van der Waals surface area contributed by atoms with Crippen LogP contribution in [0.25, 0.3) is 16.6 Å². The average molecular weight is 328 g/mol. The molecule has 23 heavy (non-hydrogen) atoms. The van der Waals surface area contributed by atoms with E-state index in [-0.39, 0.29) is 22.6 Å². The predicted molar refractivity (Wildman–Crippen MR) is 88.5 cm³/mol. The third-order valence-corrected chi connectivity index (χ3v) is 3.57. The van der Waals surface area contributed by atoms with Crippen molar-refractivity contribution in [3.05, 3.63) is 71.3 Å². The number of nitrogens with zero attached hydrogens (tertiary/aromatic N) is 2. The molecule has 0 unspecified atom stereocenters. The molecule has 0 aliphatic heterocycles. The Morgan fingerprint density at radius 3 is 2.74 bits per heavy atom. The third kappa shape index (κ3) is 2.91. The van der Waals surface area contributed by atoms with Gasteiger partial charge in [0.15, 0.2) is 0 Å². The van der Waals surface area contributed by atoms with Crippen molar-refractivity contribution in [3.8, 4) is 5.75 Å². The topological polar surface area (TPSA) is 69.9 Å². The zero-order chi connectivity index (χ0) is 16.6. The number of aromatic nitrogens is 2. The minimum absolute atomic E-state index is 0.0104. The van der Waals surface area contributed by atoms with Gasteiger partial charge in [0.1, 0.15) is 11.6 Å². The van der Waals surface area contributed by atoms with Crippen molar-refractivity contribution in [2.75, 3.05) is 0 Å². The molecule has 1 aromatic carbocycles. The largest absolute Gasteiger partial charge is 0.506 e. The Kier molecular flexibility index (Phi) is 3.80. The number of benzene rings is 1. The van der Waals surface area contributed by atoms with E-state index in [0.717, 1.165) is 0 Å². The molecule has 2 N–H and O–H groups in total. The first-order valence-corrected chi connectivity index (χ1v) is 7.03. The lowest BCUT2D eigenvalue weighted by atomic mass is 10.0. The molecular weight excluding hydrogens is 317 g/mol. The fourth-order valence-corrected chi connectivity index (χ4v) is 2.32. The van der Waals surface area contributed by atoms with Gasteiger partial charge in [0.05, 0.1) is 28.6 Å². The Bertz CT molecular complexity index is 956. The van der Waals surface area contributed by atoms with Crippen molar-refractivity contribution in [1.82, 2.24) is 9.97 Å². The summed E-state index contributed by atoms with van der Waals surface area (Å²) < 4.78 is 13.9. The molecule has 0 amide bonds. The fraction of sp³-hybridized carbons (Fsp3) is 0. The highest BCUT2D eigenvalue weighted by molar-refractivity contribution is 6.33. The fourth-order valence-electron chi connectivity index (χ4n) is 2.14. The Labute approximate surface area is 136 Å². The minimum Gasteiger partial charge on any atom is -0.506 e. The Hall–Kier alpha value is -2.79. The van der Waals surface area contributed by atoms with Crippen molar-refractivity contribution in [1.29, 1.82) is 5.41 Å². The second-order valence-corrected chi connectivity index (χ2v) is 5.34. The first-order valence-electron chi connectivity index (χ1n) is 6.65. The van der Waals surface area contributed by atoms with Crippen molar-refractivity contribution in [2.24, 2.45) is 0 Å². The van der Waals surface area contributed by atoms with Gasteiger partial charge in [-0.1, -0.05) is 18.2 Å². The van der Waals surface area contributed by atoms with Gasteiger partial charge in [-0.3, -0.25) is 10.4 Å². The smallest absolute Gasteiger partial charge is 0.136 e. The molecule has 114 valence electrons. The molecule has 0 aliphatic carbocycles. The molecule has 4 nitrogen and oxygen atoms in total. The minimum atomic E-state index is -0.555. The van der Waals surface area contributed by atoms with Gasteiger partial charge < -0.3 is 5.11 Å². The lowest BCUT2D eigenvalue weighted by Crippen LogP contribution is -2.06.